The molecule has 102 valence electrons. The van der Waals surface area contributed by atoms with E-state index in [1.165, 1.54) is 0 Å². The standard InChI is InChI=1S/C13H17N3O3/c1-9-12(17)16(7-10-3-2-4-14-5-10)8-11(6-15-9)13(18)19/h2-5,9,11,15H,6-8H2,1H3,(H,18,19). The predicted octanol–water partition coefficient (Wildman–Crippen LogP) is 0.103. The Bertz CT molecular complexity index is 463. The number of amides is 1. The Morgan fingerprint density at radius 1 is 1.63 bits per heavy atom. The molecule has 2 heterocycles. The zero-order chi connectivity index (χ0) is 13.8. The molecule has 2 rings (SSSR count). The number of carboxylic acid groups (broad SMARTS) is 1. The van der Waals surface area contributed by atoms with E-state index in [4.69, 9.17) is 5.11 Å². The van der Waals surface area contributed by atoms with Crippen molar-refractivity contribution in [2.45, 2.75) is 19.5 Å². The van der Waals surface area contributed by atoms with E-state index in [0.29, 0.717) is 13.1 Å². The first-order valence-electron chi connectivity index (χ1n) is 6.22. The van der Waals surface area contributed by atoms with Crippen LogP contribution in [0.1, 0.15) is 12.5 Å². The van der Waals surface area contributed by atoms with Crippen molar-refractivity contribution < 1.29 is 14.7 Å². The lowest BCUT2D eigenvalue weighted by atomic mass is 10.1. The fraction of sp³-hybridized carbons (Fsp3) is 0.462. The molecule has 0 aromatic carbocycles. The SMILES string of the molecule is CC1NCC(C(=O)O)CN(Cc2cccnc2)C1=O. The number of aliphatic carboxylic acids is 1. The molecule has 2 N–H and O–H groups in total. The van der Waals surface area contributed by atoms with Gasteiger partial charge in [-0.25, -0.2) is 0 Å². The molecule has 0 bridgehead atoms. The first kappa shape index (κ1) is 13.5. The Morgan fingerprint density at radius 3 is 3.05 bits per heavy atom. The van der Waals surface area contributed by atoms with Crippen molar-refractivity contribution >= 4 is 11.9 Å². The summed E-state index contributed by atoms with van der Waals surface area (Å²) < 4.78 is 0. The van der Waals surface area contributed by atoms with Gasteiger partial charge in [-0.3, -0.25) is 14.6 Å². The molecule has 6 nitrogen and oxygen atoms in total. The lowest BCUT2D eigenvalue weighted by molar-refractivity contribution is -0.142. The van der Waals surface area contributed by atoms with Gasteiger partial charge in [0.25, 0.3) is 0 Å². The zero-order valence-corrected chi connectivity index (χ0v) is 10.7. The quantitative estimate of drug-likeness (QED) is 0.808. The van der Waals surface area contributed by atoms with Crippen LogP contribution in [-0.2, 0) is 16.1 Å². The molecule has 2 atom stereocenters. The third kappa shape index (κ3) is 3.29. The Morgan fingerprint density at radius 2 is 2.42 bits per heavy atom. The van der Waals surface area contributed by atoms with Gasteiger partial charge in [0.15, 0.2) is 0 Å². The zero-order valence-electron chi connectivity index (χ0n) is 10.7. The van der Waals surface area contributed by atoms with Crippen molar-refractivity contribution in [2.75, 3.05) is 13.1 Å². The summed E-state index contributed by atoms with van der Waals surface area (Å²) in [6.07, 6.45) is 3.35. The molecule has 1 fully saturated rings. The molecule has 1 aromatic heterocycles. The van der Waals surface area contributed by atoms with Crippen molar-refractivity contribution in [3.8, 4) is 0 Å². The Hall–Kier alpha value is -1.95. The van der Waals surface area contributed by atoms with Gasteiger partial charge in [0.05, 0.1) is 12.0 Å². The smallest absolute Gasteiger partial charge is 0.309 e. The summed E-state index contributed by atoms with van der Waals surface area (Å²) in [5, 5.41) is 12.1. The first-order chi connectivity index (χ1) is 9.08. The van der Waals surface area contributed by atoms with E-state index in [9.17, 15) is 9.59 Å². The van der Waals surface area contributed by atoms with E-state index >= 15 is 0 Å². The van der Waals surface area contributed by atoms with E-state index in [0.717, 1.165) is 5.56 Å². The third-order valence-corrected chi connectivity index (χ3v) is 3.24. The number of carboxylic acids is 1. The van der Waals surface area contributed by atoms with Crippen LogP contribution in [0, 0.1) is 5.92 Å². The molecule has 6 heteroatoms. The molecule has 0 aliphatic carbocycles. The molecule has 19 heavy (non-hydrogen) atoms. The molecule has 1 aromatic rings. The molecular weight excluding hydrogens is 246 g/mol. The highest BCUT2D eigenvalue weighted by molar-refractivity contribution is 5.83. The summed E-state index contributed by atoms with van der Waals surface area (Å²) in [7, 11) is 0. The van der Waals surface area contributed by atoms with Gasteiger partial charge in [0.1, 0.15) is 0 Å². The highest BCUT2D eigenvalue weighted by Crippen LogP contribution is 2.12. The molecule has 1 saturated heterocycles. The van der Waals surface area contributed by atoms with E-state index in [1.54, 1.807) is 30.3 Å². The number of hydrogen-bond donors (Lipinski definition) is 2. The fourth-order valence-corrected chi connectivity index (χ4v) is 2.12. The normalized spacial score (nSPS) is 24.1. The number of carbonyl (C=O) groups excluding carboxylic acids is 1. The second kappa shape index (κ2) is 5.79. The number of carbonyl (C=O) groups is 2. The Balaban J connectivity index is 2.14. The summed E-state index contributed by atoms with van der Waals surface area (Å²) >= 11 is 0. The first-order valence-corrected chi connectivity index (χ1v) is 6.22. The number of nitrogens with zero attached hydrogens (tertiary/aromatic N) is 2. The van der Waals surface area contributed by atoms with Crippen molar-refractivity contribution in [1.82, 2.24) is 15.2 Å². The monoisotopic (exact) mass is 263 g/mol. The highest BCUT2D eigenvalue weighted by atomic mass is 16.4. The van der Waals surface area contributed by atoms with Gasteiger partial charge in [-0.1, -0.05) is 6.07 Å². The maximum Gasteiger partial charge on any atom is 0.309 e. The van der Waals surface area contributed by atoms with Crippen LogP contribution in [0.15, 0.2) is 24.5 Å². The van der Waals surface area contributed by atoms with Crippen LogP contribution >= 0.6 is 0 Å². The second-order valence-electron chi connectivity index (χ2n) is 4.75. The Labute approximate surface area is 111 Å². The third-order valence-electron chi connectivity index (χ3n) is 3.24. The van der Waals surface area contributed by atoms with Crippen LogP contribution in [0.4, 0.5) is 0 Å². The van der Waals surface area contributed by atoms with Crippen molar-refractivity contribution in [2.24, 2.45) is 5.92 Å². The average molecular weight is 263 g/mol. The number of hydrogen-bond acceptors (Lipinski definition) is 4. The van der Waals surface area contributed by atoms with Gasteiger partial charge in [-0.2, -0.15) is 0 Å². The van der Waals surface area contributed by atoms with Crippen LogP contribution in [-0.4, -0.2) is 46.0 Å². The molecule has 2 unspecified atom stereocenters. The Kier molecular flexibility index (Phi) is 4.11. The largest absolute Gasteiger partial charge is 0.481 e. The molecular formula is C13H17N3O3. The highest BCUT2D eigenvalue weighted by Gasteiger charge is 2.31. The average Bonchev–Trinajstić information content (AvgIpc) is 2.54. The van der Waals surface area contributed by atoms with Gasteiger partial charge >= 0.3 is 5.97 Å². The topological polar surface area (TPSA) is 82.5 Å². The lowest BCUT2D eigenvalue weighted by Crippen LogP contribution is -2.41. The van der Waals surface area contributed by atoms with Crippen LogP contribution in [0.3, 0.4) is 0 Å². The van der Waals surface area contributed by atoms with Crippen molar-refractivity contribution in [3.63, 3.8) is 0 Å². The van der Waals surface area contributed by atoms with E-state index < -0.39 is 11.9 Å². The molecule has 1 aliphatic rings. The summed E-state index contributed by atoms with van der Waals surface area (Å²) in [5.74, 6) is -1.54. The van der Waals surface area contributed by atoms with E-state index in [2.05, 4.69) is 10.3 Å². The fourth-order valence-electron chi connectivity index (χ4n) is 2.12. The minimum atomic E-state index is -0.884. The molecule has 0 spiro atoms. The minimum absolute atomic E-state index is 0.0763. The van der Waals surface area contributed by atoms with Crippen molar-refractivity contribution in [3.05, 3.63) is 30.1 Å². The predicted molar refractivity (Wildman–Crippen MR) is 68.2 cm³/mol. The molecule has 0 saturated carbocycles. The van der Waals surface area contributed by atoms with Crippen LogP contribution in [0.5, 0.6) is 0 Å². The number of rotatable bonds is 3. The lowest BCUT2D eigenvalue weighted by Gasteiger charge is -2.23. The van der Waals surface area contributed by atoms with Crippen LogP contribution in [0.25, 0.3) is 0 Å². The molecule has 1 amide bonds. The van der Waals surface area contributed by atoms with Gasteiger partial charge < -0.3 is 15.3 Å². The minimum Gasteiger partial charge on any atom is -0.481 e. The van der Waals surface area contributed by atoms with Crippen LogP contribution in [0.2, 0.25) is 0 Å². The van der Waals surface area contributed by atoms with E-state index in [1.807, 2.05) is 6.07 Å². The summed E-state index contributed by atoms with van der Waals surface area (Å²) in [6, 6.07) is 3.31. The number of pyridine rings is 1. The van der Waals surface area contributed by atoms with Gasteiger partial charge in [0.2, 0.25) is 5.91 Å². The van der Waals surface area contributed by atoms with E-state index in [-0.39, 0.29) is 18.5 Å². The summed E-state index contributed by atoms with van der Waals surface area (Å²) in [5.41, 5.74) is 0.897. The van der Waals surface area contributed by atoms with Gasteiger partial charge in [0, 0.05) is 32.0 Å². The van der Waals surface area contributed by atoms with Crippen molar-refractivity contribution in [1.29, 1.82) is 0 Å². The second-order valence-corrected chi connectivity index (χ2v) is 4.75. The summed E-state index contributed by atoms with van der Waals surface area (Å²) in [6.45, 7) is 2.68. The van der Waals surface area contributed by atoms with Gasteiger partial charge in [-0.15, -0.1) is 0 Å². The molecule has 0 radical (unpaired) electrons. The molecule has 1 aliphatic heterocycles. The maximum atomic E-state index is 12.2. The summed E-state index contributed by atoms with van der Waals surface area (Å²) in [4.78, 5) is 28.9. The van der Waals surface area contributed by atoms with Gasteiger partial charge in [-0.05, 0) is 18.6 Å². The van der Waals surface area contributed by atoms with Crippen LogP contribution < -0.4 is 5.32 Å². The number of nitrogens with one attached hydrogen (secondary N) is 1. The number of aromatic nitrogens is 1. The maximum absolute atomic E-state index is 12.2.